The molecule has 8 heteroatoms. The number of carbonyl (C=O) groups excluding carboxylic acids is 1. The van der Waals surface area contributed by atoms with Crippen LogP contribution in [-0.2, 0) is 11.3 Å². The van der Waals surface area contributed by atoms with Crippen LogP contribution in [0, 0.1) is 13.8 Å². The summed E-state index contributed by atoms with van der Waals surface area (Å²) >= 11 is 0. The van der Waals surface area contributed by atoms with E-state index in [0.717, 1.165) is 11.3 Å². The monoisotopic (exact) mass is 419 g/mol. The second kappa shape index (κ2) is 8.43. The van der Waals surface area contributed by atoms with Crippen LogP contribution in [0.5, 0.6) is 5.75 Å². The van der Waals surface area contributed by atoms with E-state index in [1.165, 1.54) is 0 Å². The fourth-order valence-corrected chi connectivity index (χ4v) is 3.13. The third-order valence-corrected chi connectivity index (χ3v) is 4.95. The van der Waals surface area contributed by atoms with Crippen molar-refractivity contribution in [3.63, 3.8) is 0 Å². The molecule has 0 amide bonds. The number of aryl methyl sites for hydroxylation is 2. The molecule has 2 heterocycles. The van der Waals surface area contributed by atoms with Crippen LogP contribution in [-0.4, -0.2) is 21.1 Å². The normalized spacial score (nSPS) is 12.0. The van der Waals surface area contributed by atoms with Gasteiger partial charge in [0, 0.05) is 0 Å². The highest BCUT2D eigenvalue weighted by atomic mass is 16.5. The van der Waals surface area contributed by atoms with Crippen LogP contribution < -0.4 is 10.3 Å². The number of ether oxygens (including phenoxy) is 2. The molecule has 0 fully saturated rings. The topological polar surface area (TPSA) is 107 Å². The molecule has 0 aliphatic carbocycles. The van der Waals surface area contributed by atoms with E-state index in [2.05, 4.69) is 15.1 Å². The van der Waals surface area contributed by atoms with Crippen LogP contribution in [0.1, 0.15) is 46.2 Å². The van der Waals surface area contributed by atoms with E-state index in [9.17, 15) is 9.59 Å². The first-order valence-corrected chi connectivity index (χ1v) is 9.77. The first-order chi connectivity index (χ1) is 14.9. The number of H-pyrrole nitrogens is 1. The number of benzene rings is 2. The van der Waals surface area contributed by atoms with Gasteiger partial charge in [-0.25, -0.2) is 9.78 Å². The second-order valence-corrected chi connectivity index (χ2v) is 7.13. The summed E-state index contributed by atoms with van der Waals surface area (Å²) in [6, 6.07) is 13.6. The van der Waals surface area contributed by atoms with E-state index in [0.29, 0.717) is 34.6 Å². The minimum atomic E-state index is -0.722. The number of nitrogens with zero attached hydrogens (tertiary/aromatic N) is 2. The minimum absolute atomic E-state index is 0.275. The zero-order valence-corrected chi connectivity index (χ0v) is 17.3. The fraction of sp³-hybridized carbons (Fsp3) is 0.217. The molecule has 0 bridgehead atoms. The van der Waals surface area contributed by atoms with Crippen LogP contribution in [0.25, 0.3) is 10.9 Å². The summed E-state index contributed by atoms with van der Waals surface area (Å²) < 4.78 is 16.4. The number of nitrogens with one attached hydrogen (secondary N) is 1. The lowest BCUT2D eigenvalue weighted by atomic mass is 10.2. The van der Waals surface area contributed by atoms with Gasteiger partial charge < -0.3 is 19.0 Å². The third kappa shape index (κ3) is 4.32. The molecule has 2 aromatic heterocycles. The number of rotatable bonds is 6. The Morgan fingerprint density at radius 2 is 1.87 bits per heavy atom. The molecule has 0 unspecified atom stereocenters. The maximum absolute atomic E-state index is 12.5. The lowest BCUT2D eigenvalue weighted by Gasteiger charge is -2.13. The maximum Gasteiger partial charge on any atom is 0.338 e. The van der Waals surface area contributed by atoms with Crippen LogP contribution >= 0.6 is 0 Å². The molecule has 0 aliphatic rings. The zero-order valence-electron chi connectivity index (χ0n) is 17.3. The molecule has 1 atom stereocenters. The molecule has 158 valence electrons. The first kappa shape index (κ1) is 20.3. The average Bonchev–Trinajstić information content (AvgIpc) is 3.09. The van der Waals surface area contributed by atoms with Crippen LogP contribution in [0.3, 0.4) is 0 Å². The van der Waals surface area contributed by atoms with E-state index in [1.807, 2.05) is 13.8 Å². The SMILES string of the molecule is Cc1noc(C)c1COc1ccc(C(=O)O[C@H](C)c2nc3ccccc3c(=O)[nH]2)cc1. The number of hydrogen-bond donors (Lipinski definition) is 1. The number of aromatic amines is 1. The maximum atomic E-state index is 12.5. The average molecular weight is 419 g/mol. The lowest BCUT2D eigenvalue weighted by molar-refractivity contribution is 0.0320. The Hall–Kier alpha value is -3.94. The number of para-hydroxylation sites is 1. The van der Waals surface area contributed by atoms with Gasteiger partial charge in [-0.1, -0.05) is 17.3 Å². The van der Waals surface area contributed by atoms with Crippen LogP contribution in [0.15, 0.2) is 57.8 Å². The summed E-state index contributed by atoms with van der Waals surface area (Å²) in [5.74, 6) is 1.08. The lowest BCUT2D eigenvalue weighted by Crippen LogP contribution is -2.17. The predicted molar refractivity (Wildman–Crippen MR) is 113 cm³/mol. The number of hydrogen-bond acceptors (Lipinski definition) is 7. The Morgan fingerprint density at radius 3 is 2.58 bits per heavy atom. The highest BCUT2D eigenvalue weighted by Crippen LogP contribution is 2.20. The Balaban J connectivity index is 1.42. The molecule has 31 heavy (non-hydrogen) atoms. The van der Waals surface area contributed by atoms with Crippen molar-refractivity contribution in [3.8, 4) is 5.75 Å². The Morgan fingerprint density at radius 1 is 1.13 bits per heavy atom. The molecule has 2 aromatic carbocycles. The van der Waals surface area contributed by atoms with Gasteiger partial charge in [0.1, 0.15) is 18.1 Å². The summed E-state index contributed by atoms with van der Waals surface area (Å²) in [6.45, 7) is 5.67. The zero-order chi connectivity index (χ0) is 22.0. The first-order valence-electron chi connectivity index (χ1n) is 9.77. The van der Waals surface area contributed by atoms with Crippen molar-refractivity contribution in [1.29, 1.82) is 0 Å². The van der Waals surface area contributed by atoms with Gasteiger partial charge in [-0.05, 0) is 57.2 Å². The van der Waals surface area contributed by atoms with Gasteiger partial charge in [0.25, 0.3) is 5.56 Å². The van der Waals surface area contributed by atoms with E-state index >= 15 is 0 Å². The summed E-state index contributed by atoms with van der Waals surface area (Å²) in [7, 11) is 0. The minimum Gasteiger partial charge on any atom is -0.489 e. The number of esters is 1. The molecular formula is C23H21N3O5. The van der Waals surface area contributed by atoms with Gasteiger partial charge in [-0.15, -0.1) is 0 Å². The van der Waals surface area contributed by atoms with Crippen molar-refractivity contribution in [2.24, 2.45) is 0 Å². The molecule has 0 saturated carbocycles. The molecule has 8 nitrogen and oxygen atoms in total. The quantitative estimate of drug-likeness (QED) is 0.470. The van der Waals surface area contributed by atoms with Crippen molar-refractivity contribution < 1.29 is 18.8 Å². The van der Waals surface area contributed by atoms with E-state index < -0.39 is 12.1 Å². The van der Waals surface area contributed by atoms with Gasteiger partial charge in [-0.3, -0.25) is 4.79 Å². The molecule has 0 saturated heterocycles. The van der Waals surface area contributed by atoms with E-state index in [1.54, 1.807) is 55.5 Å². The third-order valence-electron chi connectivity index (χ3n) is 4.95. The van der Waals surface area contributed by atoms with Gasteiger partial charge >= 0.3 is 5.97 Å². The van der Waals surface area contributed by atoms with Crippen molar-refractivity contribution in [3.05, 3.63) is 87.3 Å². The van der Waals surface area contributed by atoms with Gasteiger partial charge in [0.05, 0.1) is 27.7 Å². The van der Waals surface area contributed by atoms with E-state index in [4.69, 9.17) is 14.0 Å². The van der Waals surface area contributed by atoms with Crippen molar-refractivity contribution in [2.75, 3.05) is 0 Å². The molecule has 4 aromatic rings. The summed E-state index contributed by atoms with van der Waals surface area (Å²) in [5.41, 5.74) is 2.31. The molecule has 1 N–H and O–H groups in total. The van der Waals surface area contributed by atoms with Gasteiger partial charge in [-0.2, -0.15) is 0 Å². The van der Waals surface area contributed by atoms with E-state index in [-0.39, 0.29) is 11.4 Å². The van der Waals surface area contributed by atoms with Crippen LogP contribution in [0.4, 0.5) is 0 Å². The molecular weight excluding hydrogens is 398 g/mol. The number of fused-ring (bicyclic) bond motifs is 1. The van der Waals surface area contributed by atoms with Crippen LogP contribution in [0.2, 0.25) is 0 Å². The Labute approximate surface area is 177 Å². The Kier molecular flexibility index (Phi) is 5.53. The van der Waals surface area contributed by atoms with Crippen molar-refractivity contribution in [1.82, 2.24) is 15.1 Å². The molecule has 0 aliphatic heterocycles. The fourth-order valence-electron chi connectivity index (χ4n) is 3.13. The molecule has 4 rings (SSSR count). The second-order valence-electron chi connectivity index (χ2n) is 7.13. The smallest absolute Gasteiger partial charge is 0.338 e. The predicted octanol–water partition coefficient (Wildman–Crippen LogP) is 4.02. The molecule has 0 radical (unpaired) electrons. The Bertz CT molecular complexity index is 1270. The summed E-state index contributed by atoms with van der Waals surface area (Å²) in [6.07, 6.45) is -0.722. The summed E-state index contributed by atoms with van der Waals surface area (Å²) in [5, 5.41) is 4.38. The molecule has 0 spiro atoms. The standard InChI is InChI=1S/C23H21N3O5/c1-13-19(14(2)31-26-13)12-29-17-10-8-16(9-11-17)23(28)30-15(3)21-24-20-7-5-4-6-18(20)22(27)25-21/h4-11,15H,12H2,1-3H3,(H,24,25,27)/t15-/m1/s1. The van der Waals surface area contributed by atoms with Gasteiger partial charge in [0.2, 0.25) is 0 Å². The number of aromatic nitrogens is 3. The van der Waals surface area contributed by atoms with Gasteiger partial charge in [0.15, 0.2) is 11.9 Å². The largest absolute Gasteiger partial charge is 0.489 e. The summed E-state index contributed by atoms with van der Waals surface area (Å²) in [4.78, 5) is 31.8. The highest BCUT2D eigenvalue weighted by Gasteiger charge is 2.17. The number of carbonyl (C=O) groups is 1. The van der Waals surface area contributed by atoms with Crippen molar-refractivity contribution in [2.45, 2.75) is 33.5 Å². The van der Waals surface area contributed by atoms with Crippen molar-refractivity contribution >= 4 is 16.9 Å². The highest BCUT2D eigenvalue weighted by molar-refractivity contribution is 5.89.